The Hall–Kier alpha value is -3.67. The monoisotopic (exact) mass is 684 g/mol. The quantitative estimate of drug-likeness (QED) is 0.236. The molecular weight excluding hydrogens is 643 g/mol. The number of rotatable bonds is 8. The Bertz CT molecular complexity index is 1550. The molecule has 2 aliphatic heterocycles. The third-order valence-electron chi connectivity index (χ3n) is 8.35. The molecule has 0 N–H and O–H groups in total. The van der Waals surface area contributed by atoms with Gasteiger partial charge in [-0.05, 0) is 89.4 Å². The number of hydrogen-bond donors (Lipinski definition) is 0. The van der Waals surface area contributed by atoms with Crippen molar-refractivity contribution in [2.75, 3.05) is 51.3 Å². The Labute approximate surface area is 286 Å². The number of amides is 1. The first kappa shape index (κ1) is 34.7. The molecule has 1 aromatic carbocycles. The van der Waals surface area contributed by atoms with Gasteiger partial charge in [-0.2, -0.15) is 0 Å². The first-order chi connectivity index (χ1) is 22.4. The smallest absolute Gasteiger partial charge is 0.410 e. The lowest BCUT2D eigenvalue weighted by Gasteiger charge is -2.36. The maximum atomic E-state index is 12.4. The molecule has 2 aromatic heterocycles. The zero-order valence-corrected chi connectivity index (χ0v) is 29.1. The number of piperidine rings is 1. The zero-order chi connectivity index (χ0) is 33.7. The van der Waals surface area contributed by atoms with Crippen LogP contribution in [0.25, 0.3) is 11.3 Å². The van der Waals surface area contributed by atoms with Crippen LogP contribution in [0, 0.1) is 12.8 Å². The van der Waals surface area contributed by atoms with Crippen LogP contribution in [0.4, 0.5) is 10.6 Å². The number of anilines is 1. The molecule has 5 rings (SSSR count). The first-order valence-corrected chi connectivity index (χ1v) is 16.6. The Morgan fingerprint density at radius 3 is 2.21 bits per heavy atom. The second-order valence-electron chi connectivity index (χ2n) is 13.0. The van der Waals surface area contributed by atoms with Crippen LogP contribution in [-0.4, -0.2) is 88.8 Å². The number of methoxy groups -OCH3 is 1. The van der Waals surface area contributed by atoms with Crippen molar-refractivity contribution < 1.29 is 23.8 Å². The predicted octanol–water partition coefficient (Wildman–Crippen LogP) is 6.78. The Morgan fingerprint density at radius 2 is 1.62 bits per heavy atom. The van der Waals surface area contributed by atoms with Crippen LogP contribution in [0.2, 0.25) is 10.0 Å². The molecule has 252 valence electrons. The molecule has 11 nitrogen and oxygen atoms in total. The van der Waals surface area contributed by atoms with E-state index in [9.17, 15) is 9.59 Å². The third-order valence-corrected chi connectivity index (χ3v) is 8.79. The lowest BCUT2D eigenvalue weighted by atomic mass is 9.93. The molecule has 2 fully saturated rings. The van der Waals surface area contributed by atoms with E-state index in [0.717, 1.165) is 42.6 Å². The van der Waals surface area contributed by atoms with E-state index < -0.39 is 5.60 Å². The van der Waals surface area contributed by atoms with Crippen LogP contribution < -0.4 is 9.64 Å². The minimum absolute atomic E-state index is 0.156. The molecule has 2 saturated heterocycles. The maximum Gasteiger partial charge on any atom is 0.410 e. The van der Waals surface area contributed by atoms with Crippen LogP contribution in [0.1, 0.15) is 51.2 Å². The van der Waals surface area contributed by atoms with Gasteiger partial charge in [-0.3, -0.25) is 9.69 Å². The van der Waals surface area contributed by atoms with Crippen LogP contribution in [0.15, 0.2) is 36.7 Å². The van der Waals surface area contributed by atoms with E-state index in [1.165, 1.54) is 7.11 Å². The topological polar surface area (TPSA) is 110 Å². The van der Waals surface area contributed by atoms with Gasteiger partial charge in [-0.25, -0.2) is 19.7 Å². The molecule has 3 aromatic rings. The molecule has 0 atom stereocenters. The summed E-state index contributed by atoms with van der Waals surface area (Å²) in [5, 5.41) is 1.03. The fourth-order valence-corrected chi connectivity index (χ4v) is 6.25. The minimum Gasteiger partial charge on any atom is -0.469 e. The summed E-state index contributed by atoms with van der Waals surface area (Å²) < 4.78 is 16.6. The number of aromatic nitrogens is 3. The predicted molar refractivity (Wildman–Crippen MR) is 181 cm³/mol. The SMILES string of the molecule is COC(=O)CC1CCN(Cc2cc(-c3cc(Cl)cc(Cl)c3)nc(Oc3cnc(N4CCN(C(=O)OC(C)(C)C)CC4)cn3)c2C)CC1. The van der Waals surface area contributed by atoms with E-state index >= 15 is 0 Å². The summed E-state index contributed by atoms with van der Waals surface area (Å²) in [6, 6.07) is 7.39. The lowest BCUT2D eigenvalue weighted by Crippen LogP contribution is -2.50. The van der Waals surface area contributed by atoms with Gasteiger partial charge in [-0.15, -0.1) is 0 Å². The molecule has 13 heteroatoms. The second-order valence-corrected chi connectivity index (χ2v) is 13.9. The van der Waals surface area contributed by atoms with E-state index in [2.05, 4.69) is 25.8 Å². The number of piperazine rings is 1. The average Bonchev–Trinajstić information content (AvgIpc) is 3.03. The standard InChI is InChI=1S/C34H42Cl2N6O5/c1-22-25(21-40-8-6-23(7-9-40)14-31(43)45-5)17-28(24-15-26(35)18-27(36)16-24)39-32(22)46-30-20-37-29(19-38-30)41-10-12-42(13-11-41)33(44)47-34(2,3)4/h15-20,23H,6-14,21H2,1-5H3. The van der Waals surface area contributed by atoms with Gasteiger partial charge in [-0.1, -0.05) is 23.2 Å². The number of benzene rings is 1. The first-order valence-electron chi connectivity index (χ1n) is 15.9. The third kappa shape index (κ3) is 9.46. The number of hydrogen-bond acceptors (Lipinski definition) is 10. The van der Waals surface area contributed by atoms with Crippen molar-refractivity contribution in [3.05, 3.63) is 57.8 Å². The number of carbonyl (C=O) groups excluding carboxylic acids is 2. The van der Waals surface area contributed by atoms with Crippen LogP contribution in [0.3, 0.4) is 0 Å². The summed E-state index contributed by atoms with van der Waals surface area (Å²) in [4.78, 5) is 44.4. The summed E-state index contributed by atoms with van der Waals surface area (Å²) in [6.07, 6.45) is 5.27. The largest absolute Gasteiger partial charge is 0.469 e. The lowest BCUT2D eigenvalue weighted by molar-refractivity contribution is -0.142. The molecule has 0 radical (unpaired) electrons. The molecule has 2 aliphatic rings. The van der Waals surface area contributed by atoms with Gasteiger partial charge >= 0.3 is 12.1 Å². The molecular formula is C34H42Cl2N6O5. The van der Waals surface area contributed by atoms with Gasteiger partial charge in [0.1, 0.15) is 11.4 Å². The van der Waals surface area contributed by atoms with Crippen molar-refractivity contribution >= 4 is 41.1 Å². The van der Waals surface area contributed by atoms with Crippen LogP contribution in [-0.2, 0) is 20.8 Å². The van der Waals surface area contributed by atoms with Gasteiger partial charge < -0.3 is 24.0 Å². The number of nitrogens with zero attached hydrogens (tertiary/aromatic N) is 6. The average molecular weight is 686 g/mol. The van der Waals surface area contributed by atoms with Gasteiger partial charge in [0.05, 0.1) is 25.2 Å². The molecule has 47 heavy (non-hydrogen) atoms. The number of carbonyl (C=O) groups is 2. The molecule has 0 spiro atoms. The van der Waals surface area contributed by atoms with Gasteiger partial charge in [0, 0.05) is 60.3 Å². The maximum absolute atomic E-state index is 12.4. The molecule has 0 unspecified atom stereocenters. The highest BCUT2D eigenvalue weighted by molar-refractivity contribution is 6.35. The highest BCUT2D eigenvalue weighted by Gasteiger charge is 2.27. The summed E-state index contributed by atoms with van der Waals surface area (Å²) in [7, 11) is 1.44. The van der Waals surface area contributed by atoms with Gasteiger partial charge in [0.15, 0.2) is 0 Å². The van der Waals surface area contributed by atoms with E-state index in [1.54, 1.807) is 23.4 Å². The minimum atomic E-state index is -0.534. The van der Waals surface area contributed by atoms with Gasteiger partial charge in [0.25, 0.3) is 0 Å². The number of likely N-dealkylation sites (tertiary alicyclic amines) is 1. The summed E-state index contributed by atoms with van der Waals surface area (Å²) in [5.41, 5.74) is 2.87. The van der Waals surface area contributed by atoms with E-state index in [4.69, 9.17) is 42.4 Å². The normalized spacial score (nSPS) is 16.2. The molecule has 0 bridgehead atoms. The molecule has 0 aliphatic carbocycles. The van der Waals surface area contributed by atoms with Gasteiger partial charge in [0.2, 0.25) is 11.8 Å². The zero-order valence-electron chi connectivity index (χ0n) is 27.6. The van der Waals surface area contributed by atoms with Crippen molar-refractivity contribution in [3.8, 4) is 23.0 Å². The second kappa shape index (κ2) is 15.0. The fourth-order valence-electron chi connectivity index (χ4n) is 5.73. The van der Waals surface area contributed by atoms with Crippen LogP contribution >= 0.6 is 23.2 Å². The molecule has 1 amide bonds. The van der Waals surface area contributed by atoms with Crippen molar-refractivity contribution in [2.24, 2.45) is 5.92 Å². The summed E-state index contributed by atoms with van der Waals surface area (Å²) in [6.45, 7) is 12.3. The van der Waals surface area contributed by atoms with E-state index in [-0.39, 0.29) is 12.1 Å². The van der Waals surface area contributed by atoms with Crippen molar-refractivity contribution in [1.29, 1.82) is 0 Å². The summed E-state index contributed by atoms with van der Waals surface area (Å²) in [5.74, 6) is 1.60. The number of ether oxygens (including phenoxy) is 3. The van der Waals surface area contributed by atoms with E-state index in [1.807, 2.05) is 39.8 Å². The van der Waals surface area contributed by atoms with Crippen molar-refractivity contribution in [2.45, 2.75) is 59.1 Å². The fraction of sp³-hybridized carbons (Fsp3) is 0.500. The highest BCUT2D eigenvalue weighted by atomic mass is 35.5. The Kier molecular flexibility index (Phi) is 11.1. The highest BCUT2D eigenvalue weighted by Crippen LogP contribution is 2.33. The van der Waals surface area contributed by atoms with Crippen molar-refractivity contribution in [1.82, 2.24) is 24.8 Å². The number of pyridine rings is 1. The summed E-state index contributed by atoms with van der Waals surface area (Å²) >= 11 is 12.7. The Balaban J connectivity index is 1.30. The Morgan fingerprint density at radius 1 is 0.936 bits per heavy atom. The number of halogens is 2. The molecule has 4 heterocycles. The molecule has 0 saturated carbocycles. The van der Waals surface area contributed by atoms with E-state index in [0.29, 0.717) is 78.4 Å². The number of esters is 1. The van der Waals surface area contributed by atoms with Crippen LogP contribution in [0.5, 0.6) is 11.8 Å². The van der Waals surface area contributed by atoms with Crippen molar-refractivity contribution in [3.63, 3.8) is 0 Å².